The van der Waals surface area contributed by atoms with Crippen molar-refractivity contribution in [2.75, 3.05) is 0 Å². The Morgan fingerprint density at radius 2 is 2.36 bits per heavy atom. The van der Waals surface area contributed by atoms with Crippen molar-refractivity contribution in [1.82, 2.24) is 0 Å². The van der Waals surface area contributed by atoms with Crippen LogP contribution in [0.1, 0.15) is 12.5 Å². The van der Waals surface area contributed by atoms with Gasteiger partial charge in [0.2, 0.25) is 0 Å². The first kappa shape index (κ1) is 8.14. The summed E-state index contributed by atoms with van der Waals surface area (Å²) < 4.78 is 4.90. The Morgan fingerprint density at radius 3 is 3.00 bits per heavy atom. The second-order valence-electron chi connectivity index (χ2n) is 2.27. The van der Waals surface area contributed by atoms with Crippen LogP contribution < -0.4 is 4.65 Å². The molecule has 0 unspecified atom stereocenters. The van der Waals surface area contributed by atoms with Crippen molar-refractivity contribution >= 4 is 7.69 Å². The van der Waals surface area contributed by atoms with E-state index in [1.165, 1.54) is 5.56 Å². The van der Waals surface area contributed by atoms with E-state index in [0.717, 1.165) is 12.2 Å². The average molecular weight is 150 g/mol. The van der Waals surface area contributed by atoms with Crippen LogP contribution in [0, 0.1) is 0 Å². The lowest BCUT2D eigenvalue weighted by Gasteiger charge is -2.02. The highest BCUT2D eigenvalue weighted by Crippen LogP contribution is 2.12. The zero-order valence-corrected chi connectivity index (χ0v) is 6.58. The monoisotopic (exact) mass is 150 g/mol. The van der Waals surface area contributed by atoms with Gasteiger partial charge < -0.3 is 9.68 Å². The lowest BCUT2D eigenvalue weighted by molar-refractivity contribution is 0.453. The molecule has 1 aromatic rings. The van der Waals surface area contributed by atoms with E-state index in [1.54, 1.807) is 0 Å². The summed E-state index contributed by atoms with van der Waals surface area (Å²) in [5, 5.41) is 8.46. The summed E-state index contributed by atoms with van der Waals surface area (Å²) in [5.41, 5.74) is 1.22. The predicted octanol–water partition coefficient (Wildman–Crippen LogP) is 0.887. The van der Waals surface area contributed by atoms with Gasteiger partial charge in [-0.1, -0.05) is 19.1 Å². The first-order chi connectivity index (χ1) is 5.36. The topological polar surface area (TPSA) is 29.5 Å². The van der Waals surface area contributed by atoms with Gasteiger partial charge in [0, 0.05) is 0 Å². The van der Waals surface area contributed by atoms with Crippen molar-refractivity contribution in [2.45, 2.75) is 13.3 Å². The summed E-state index contributed by atoms with van der Waals surface area (Å²) in [7, 11) is -0.257. The van der Waals surface area contributed by atoms with Gasteiger partial charge in [-0.2, -0.15) is 0 Å². The largest absolute Gasteiger partial charge is 0.539 e. The molecule has 0 aliphatic rings. The van der Waals surface area contributed by atoms with Gasteiger partial charge in [-0.3, -0.25) is 0 Å². The maximum Gasteiger partial charge on any atom is 0.504 e. The maximum absolute atomic E-state index is 8.46. The van der Waals surface area contributed by atoms with E-state index < -0.39 is 0 Å². The van der Waals surface area contributed by atoms with Crippen LogP contribution in [0.5, 0.6) is 5.75 Å². The van der Waals surface area contributed by atoms with E-state index in [9.17, 15) is 0 Å². The number of hydrogen-bond donors (Lipinski definition) is 1. The first-order valence-electron chi connectivity index (χ1n) is 3.69. The van der Waals surface area contributed by atoms with Crippen LogP contribution in [0.25, 0.3) is 0 Å². The predicted molar refractivity (Wildman–Crippen MR) is 45.8 cm³/mol. The fraction of sp³-hybridized carbons (Fsp3) is 0.250. The Kier molecular flexibility index (Phi) is 2.99. The number of hydrogen-bond acceptors (Lipinski definition) is 2. The van der Waals surface area contributed by atoms with E-state index in [2.05, 4.69) is 6.92 Å². The highest BCUT2D eigenvalue weighted by atomic mass is 16.5. The van der Waals surface area contributed by atoms with Crippen molar-refractivity contribution in [3.05, 3.63) is 29.8 Å². The van der Waals surface area contributed by atoms with Crippen LogP contribution in [0.3, 0.4) is 0 Å². The normalized spacial score (nSPS) is 9.27. The zero-order valence-electron chi connectivity index (χ0n) is 6.58. The van der Waals surface area contributed by atoms with Crippen LogP contribution in [-0.2, 0) is 6.42 Å². The van der Waals surface area contributed by atoms with E-state index in [0.29, 0.717) is 0 Å². The minimum absolute atomic E-state index is 0.257. The Morgan fingerprint density at radius 1 is 1.55 bits per heavy atom. The molecule has 0 saturated heterocycles. The molecule has 0 saturated carbocycles. The summed E-state index contributed by atoms with van der Waals surface area (Å²) in [6.45, 7) is 2.08. The standard InChI is InChI=1S/C8H11BO2/c1-2-7-4-3-5-8(6-7)11-9-10/h3-6,9-10H,2H2,1H3. The molecule has 0 aliphatic heterocycles. The molecule has 1 N–H and O–H groups in total. The van der Waals surface area contributed by atoms with Gasteiger partial charge >= 0.3 is 7.69 Å². The summed E-state index contributed by atoms with van der Waals surface area (Å²) in [6.07, 6.45) is 0.989. The average Bonchev–Trinajstić information content (AvgIpc) is 2.06. The molecule has 2 nitrogen and oxygen atoms in total. The van der Waals surface area contributed by atoms with Crippen molar-refractivity contribution < 1.29 is 9.68 Å². The van der Waals surface area contributed by atoms with Crippen LogP contribution in [0.4, 0.5) is 0 Å². The van der Waals surface area contributed by atoms with Crippen molar-refractivity contribution in [2.24, 2.45) is 0 Å². The summed E-state index contributed by atoms with van der Waals surface area (Å²) in [5.74, 6) is 0.729. The lowest BCUT2D eigenvalue weighted by Crippen LogP contribution is -1.99. The minimum Gasteiger partial charge on any atom is -0.539 e. The third-order valence-electron chi connectivity index (χ3n) is 1.54. The zero-order chi connectivity index (χ0) is 8.10. The molecule has 3 heteroatoms. The quantitative estimate of drug-likeness (QED) is 0.648. The molecular weight excluding hydrogens is 139 g/mol. The molecule has 0 aromatic heterocycles. The highest BCUT2D eigenvalue weighted by Gasteiger charge is 1.93. The number of aryl methyl sites for hydroxylation is 1. The van der Waals surface area contributed by atoms with Crippen molar-refractivity contribution in [1.29, 1.82) is 0 Å². The van der Waals surface area contributed by atoms with Gasteiger partial charge in [0.05, 0.1) is 0 Å². The maximum atomic E-state index is 8.46. The van der Waals surface area contributed by atoms with Crippen LogP contribution in [0.15, 0.2) is 24.3 Å². The Balaban J connectivity index is 2.74. The van der Waals surface area contributed by atoms with Crippen LogP contribution >= 0.6 is 0 Å². The van der Waals surface area contributed by atoms with Crippen LogP contribution in [0.2, 0.25) is 0 Å². The molecule has 0 spiro atoms. The Bertz CT molecular complexity index is 225. The second-order valence-corrected chi connectivity index (χ2v) is 2.27. The minimum atomic E-state index is -0.257. The molecule has 0 radical (unpaired) electrons. The van der Waals surface area contributed by atoms with Gasteiger partial charge in [0.15, 0.2) is 0 Å². The molecule has 1 aromatic carbocycles. The van der Waals surface area contributed by atoms with Crippen molar-refractivity contribution in [3.63, 3.8) is 0 Å². The van der Waals surface area contributed by atoms with Crippen molar-refractivity contribution in [3.8, 4) is 5.75 Å². The SMILES string of the molecule is CCc1cccc(OBO)c1. The fourth-order valence-corrected chi connectivity index (χ4v) is 0.930. The molecule has 0 fully saturated rings. The van der Waals surface area contributed by atoms with Gasteiger partial charge in [-0.05, 0) is 24.1 Å². The third kappa shape index (κ3) is 2.28. The molecule has 1 rings (SSSR count). The third-order valence-corrected chi connectivity index (χ3v) is 1.54. The molecule has 0 bridgehead atoms. The smallest absolute Gasteiger partial charge is 0.504 e. The van der Waals surface area contributed by atoms with Crippen LogP contribution in [-0.4, -0.2) is 12.7 Å². The molecular formula is C8H11BO2. The van der Waals surface area contributed by atoms with Gasteiger partial charge in [0.1, 0.15) is 5.75 Å². The summed E-state index contributed by atoms with van der Waals surface area (Å²) >= 11 is 0. The molecule has 0 aliphatic carbocycles. The van der Waals surface area contributed by atoms with Gasteiger partial charge in [-0.25, -0.2) is 0 Å². The molecule has 11 heavy (non-hydrogen) atoms. The molecule has 0 atom stereocenters. The summed E-state index contributed by atoms with van der Waals surface area (Å²) in [6, 6.07) is 7.71. The molecule has 0 heterocycles. The first-order valence-corrected chi connectivity index (χ1v) is 3.69. The Labute approximate surface area is 67.1 Å². The molecule has 0 amide bonds. The second kappa shape index (κ2) is 4.03. The lowest BCUT2D eigenvalue weighted by atomic mass is 10.1. The van der Waals surface area contributed by atoms with E-state index in [4.69, 9.17) is 9.68 Å². The molecule has 58 valence electrons. The number of rotatable bonds is 3. The number of benzene rings is 1. The van der Waals surface area contributed by atoms with Gasteiger partial charge in [-0.15, -0.1) is 0 Å². The van der Waals surface area contributed by atoms with E-state index in [-0.39, 0.29) is 7.69 Å². The fourth-order valence-electron chi connectivity index (χ4n) is 0.930. The van der Waals surface area contributed by atoms with E-state index in [1.807, 2.05) is 24.3 Å². The Hall–Kier alpha value is -0.955. The summed E-state index contributed by atoms with van der Waals surface area (Å²) in [4.78, 5) is 0. The van der Waals surface area contributed by atoms with E-state index >= 15 is 0 Å². The highest BCUT2D eigenvalue weighted by molar-refractivity contribution is 6.17. The van der Waals surface area contributed by atoms with Gasteiger partial charge in [0.25, 0.3) is 0 Å².